The minimum Gasteiger partial charge on any atom is -0.335 e. The molecule has 2 atom stereocenters. The number of carbonyl (C=O) groups is 2. The van der Waals surface area contributed by atoms with Crippen molar-refractivity contribution < 1.29 is 31.5 Å². The van der Waals surface area contributed by atoms with Crippen LogP contribution in [0.25, 0.3) is 11.3 Å². The molecule has 3 aromatic rings. The van der Waals surface area contributed by atoms with Crippen molar-refractivity contribution in [3.63, 3.8) is 0 Å². The minimum absolute atomic E-state index is 0.00186. The monoisotopic (exact) mass is 671 g/mol. The number of amides is 3. The predicted octanol–water partition coefficient (Wildman–Crippen LogP) is 6.10. The van der Waals surface area contributed by atoms with Crippen molar-refractivity contribution >= 4 is 11.9 Å². The molecule has 0 bridgehead atoms. The summed E-state index contributed by atoms with van der Waals surface area (Å²) < 4.78 is 68.5. The van der Waals surface area contributed by atoms with E-state index in [4.69, 9.17) is 0 Å². The van der Waals surface area contributed by atoms with Crippen molar-refractivity contribution in [2.24, 2.45) is 0 Å². The normalized spacial score (nSPS) is 21.5. The maximum absolute atomic E-state index is 14.4. The van der Waals surface area contributed by atoms with Crippen molar-refractivity contribution in [2.75, 3.05) is 33.2 Å². The van der Waals surface area contributed by atoms with Crippen LogP contribution in [-0.2, 0) is 11.3 Å². The molecule has 3 aliphatic rings. The molecule has 3 amide bonds. The van der Waals surface area contributed by atoms with E-state index < -0.39 is 35.8 Å². The lowest BCUT2D eigenvalue weighted by Gasteiger charge is -2.51. The summed E-state index contributed by atoms with van der Waals surface area (Å²) in [5.41, 5.74) is 1.81. The third kappa shape index (κ3) is 6.83. The lowest BCUT2D eigenvalue weighted by Crippen LogP contribution is -2.64. The molecule has 2 aromatic carbocycles. The molecule has 1 spiro atoms. The van der Waals surface area contributed by atoms with Gasteiger partial charge in [-0.05, 0) is 55.0 Å². The standard InChI is InChI=1S/C35H38F5N5O3/c1-42(32(47)35(38,39)40)28-11-14-45(30(20-28)25-17-26(36)19-27(37)18-25)33(48)43-15-16-44(34(22-43)12-5-6-13-34)21-24-9-10-29(41-31(24)46)23-7-3-2-4-8-23/h2-4,7-10,17-19,28,30H,5-6,11-16,20-22H2,1H3,(H,41,46)/t28-,30+/m1/s1. The fourth-order valence-electron chi connectivity index (χ4n) is 7.71. The maximum atomic E-state index is 14.4. The van der Waals surface area contributed by atoms with Crippen LogP contribution in [0.4, 0.5) is 26.7 Å². The van der Waals surface area contributed by atoms with Gasteiger partial charge in [-0.2, -0.15) is 13.2 Å². The second-order valence-corrected chi connectivity index (χ2v) is 13.2. The van der Waals surface area contributed by atoms with Crippen molar-refractivity contribution in [1.82, 2.24) is 24.6 Å². The highest BCUT2D eigenvalue weighted by Gasteiger charge is 2.48. The lowest BCUT2D eigenvalue weighted by molar-refractivity contribution is -0.187. The number of pyridine rings is 1. The summed E-state index contributed by atoms with van der Waals surface area (Å²) in [4.78, 5) is 48.5. The predicted molar refractivity (Wildman–Crippen MR) is 169 cm³/mol. The van der Waals surface area contributed by atoms with Gasteiger partial charge in [-0.3, -0.25) is 14.5 Å². The Balaban J connectivity index is 1.22. The Morgan fingerprint density at radius 3 is 2.29 bits per heavy atom. The third-order valence-electron chi connectivity index (χ3n) is 10.2. The van der Waals surface area contributed by atoms with E-state index in [-0.39, 0.29) is 42.1 Å². The first kappa shape index (κ1) is 33.6. The van der Waals surface area contributed by atoms with Crippen LogP contribution in [0.15, 0.2) is 65.5 Å². The maximum Gasteiger partial charge on any atom is 0.471 e. The number of alkyl halides is 3. The molecule has 3 fully saturated rings. The van der Waals surface area contributed by atoms with Crippen LogP contribution in [0.2, 0.25) is 0 Å². The van der Waals surface area contributed by atoms with Gasteiger partial charge in [0.05, 0.1) is 6.04 Å². The number of hydrogen-bond donors (Lipinski definition) is 1. The molecular weight excluding hydrogens is 633 g/mol. The van der Waals surface area contributed by atoms with Crippen LogP contribution in [0.1, 0.15) is 55.7 Å². The number of halogens is 5. The second-order valence-electron chi connectivity index (χ2n) is 13.2. The van der Waals surface area contributed by atoms with Gasteiger partial charge in [-0.15, -0.1) is 0 Å². The highest BCUT2D eigenvalue weighted by molar-refractivity contribution is 5.82. The molecule has 1 N–H and O–H groups in total. The van der Waals surface area contributed by atoms with Crippen LogP contribution >= 0.6 is 0 Å². The van der Waals surface area contributed by atoms with Crippen molar-refractivity contribution in [1.29, 1.82) is 0 Å². The molecule has 1 saturated carbocycles. The van der Waals surface area contributed by atoms with Gasteiger partial charge in [0.1, 0.15) is 11.6 Å². The summed E-state index contributed by atoms with van der Waals surface area (Å²) in [6, 6.07) is 13.9. The van der Waals surface area contributed by atoms with Gasteiger partial charge in [-0.1, -0.05) is 49.2 Å². The number of H-pyrrole nitrogens is 1. The fraction of sp³-hybridized carbons (Fsp3) is 0.457. The number of benzene rings is 2. The Kier molecular flexibility index (Phi) is 9.34. The summed E-state index contributed by atoms with van der Waals surface area (Å²) in [7, 11) is 1.06. The number of urea groups is 1. The van der Waals surface area contributed by atoms with E-state index in [2.05, 4.69) is 9.88 Å². The number of piperazine rings is 1. The number of likely N-dealkylation sites (tertiary alicyclic amines) is 1. The molecule has 2 aliphatic heterocycles. The molecule has 2 saturated heterocycles. The highest BCUT2D eigenvalue weighted by atomic mass is 19.4. The number of carbonyl (C=O) groups excluding carboxylic acids is 2. The van der Waals surface area contributed by atoms with Crippen LogP contribution in [0.3, 0.4) is 0 Å². The number of aromatic nitrogens is 1. The average molecular weight is 672 g/mol. The van der Waals surface area contributed by atoms with E-state index in [1.54, 1.807) is 4.90 Å². The quantitative estimate of drug-likeness (QED) is 0.333. The number of hydrogen-bond acceptors (Lipinski definition) is 4. The van der Waals surface area contributed by atoms with E-state index in [0.29, 0.717) is 42.7 Å². The van der Waals surface area contributed by atoms with E-state index in [1.165, 1.54) is 4.90 Å². The summed E-state index contributed by atoms with van der Waals surface area (Å²) in [5.74, 6) is -3.75. The molecule has 0 radical (unpaired) electrons. The molecule has 8 nitrogen and oxygen atoms in total. The number of aromatic amines is 1. The molecule has 1 aromatic heterocycles. The van der Waals surface area contributed by atoms with Crippen LogP contribution in [0.5, 0.6) is 0 Å². The first-order chi connectivity index (χ1) is 22.8. The van der Waals surface area contributed by atoms with Gasteiger partial charge in [-0.25, -0.2) is 13.6 Å². The summed E-state index contributed by atoms with van der Waals surface area (Å²) in [6.07, 6.45) is -1.56. The SMILES string of the molecule is CN(C(=O)C(F)(F)F)[C@@H]1CCN(C(=O)N2CCN(Cc3ccc(-c4ccccc4)[nH]c3=O)C3(CCCC3)C2)[C@H](c2cc(F)cc(F)c2)C1. The minimum atomic E-state index is -5.08. The van der Waals surface area contributed by atoms with Crippen molar-refractivity contribution in [3.05, 3.63) is 93.8 Å². The summed E-state index contributed by atoms with van der Waals surface area (Å²) >= 11 is 0. The zero-order chi connectivity index (χ0) is 34.2. The van der Waals surface area contributed by atoms with E-state index in [9.17, 15) is 36.3 Å². The number of piperidine rings is 1. The van der Waals surface area contributed by atoms with Crippen molar-refractivity contribution in [2.45, 2.75) is 68.9 Å². The van der Waals surface area contributed by atoms with Gasteiger partial charge in [0.25, 0.3) is 5.56 Å². The Morgan fingerprint density at radius 2 is 1.65 bits per heavy atom. The molecule has 13 heteroatoms. The number of rotatable bonds is 5. The Hall–Kier alpha value is -4.26. The van der Waals surface area contributed by atoms with E-state index >= 15 is 0 Å². The van der Waals surface area contributed by atoms with Crippen LogP contribution in [0, 0.1) is 11.6 Å². The molecule has 0 unspecified atom stereocenters. The van der Waals surface area contributed by atoms with Gasteiger partial charge < -0.3 is 19.7 Å². The largest absolute Gasteiger partial charge is 0.471 e. The van der Waals surface area contributed by atoms with E-state index in [1.807, 2.05) is 42.5 Å². The molecule has 6 rings (SSSR count). The highest BCUT2D eigenvalue weighted by Crippen LogP contribution is 2.41. The fourth-order valence-corrected chi connectivity index (χ4v) is 7.71. The second kappa shape index (κ2) is 13.3. The summed E-state index contributed by atoms with van der Waals surface area (Å²) in [6.45, 7) is 1.60. The zero-order valence-corrected chi connectivity index (χ0v) is 26.6. The zero-order valence-electron chi connectivity index (χ0n) is 26.6. The Morgan fingerprint density at radius 1 is 0.958 bits per heavy atom. The third-order valence-corrected chi connectivity index (χ3v) is 10.2. The average Bonchev–Trinajstić information content (AvgIpc) is 3.53. The molecule has 48 heavy (non-hydrogen) atoms. The first-order valence-corrected chi connectivity index (χ1v) is 16.2. The van der Waals surface area contributed by atoms with Gasteiger partial charge >= 0.3 is 18.1 Å². The summed E-state index contributed by atoms with van der Waals surface area (Å²) in [5, 5.41) is 0. The van der Waals surface area contributed by atoms with Gasteiger partial charge in [0, 0.05) is 68.7 Å². The topological polar surface area (TPSA) is 80.0 Å². The first-order valence-electron chi connectivity index (χ1n) is 16.2. The van der Waals surface area contributed by atoms with Gasteiger partial charge in [0.2, 0.25) is 0 Å². The van der Waals surface area contributed by atoms with E-state index in [0.717, 1.165) is 56.1 Å². The number of nitrogens with one attached hydrogen (secondary N) is 1. The lowest BCUT2D eigenvalue weighted by atomic mass is 9.89. The molecule has 1 aliphatic carbocycles. The van der Waals surface area contributed by atoms with Crippen molar-refractivity contribution in [3.8, 4) is 11.3 Å². The molecule has 256 valence electrons. The Bertz CT molecular complexity index is 1690. The van der Waals surface area contributed by atoms with Crippen LogP contribution in [-0.4, -0.2) is 87.5 Å². The van der Waals surface area contributed by atoms with Crippen LogP contribution < -0.4 is 5.56 Å². The molecular formula is C35H38F5N5O3. The smallest absolute Gasteiger partial charge is 0.335 e. The van der Waals surface area contributed by atoms with Gasteiger partial charge in [0.15, 0.2) is 0 Å². The Labute approximate surface area is 275 Å². The molecule has 3 heterocycles. The number of nitrogens with zero attached hydrogens (tertiary/aromatic N) is 4.